The van der Waals surface area contributed by atoms with E-state index in [1.165, 1.54) is 92.9 Å². The number of allylic oxidation sites excluding steroid dienone is 2. The number of fused-ring (bicyclic) bond motifs is 1. The molecule has 1 atom stereocenters. The van der Waals surface area contributed by atoms with Crippen molar-refractivity contribution in [2.75, 3.05) is 18.6 Å². The molecule has 0 spiro atoms. The van der Waals surface area contributed by atoms with Gasteiger partial charge in [-0.1, -0.05) is 125 Å². The Morgan fingerprint density at radius 1 is 0.828 bits per heavy atom. The van der Waals surface area contributed by atoms with Gasteiger partial charge in [-0.25, -0.2) is 0 Å². The van der Waals surface area contributed by atoms with E-state index in [0.717, 1.165) is 78.0 Å². The van der Waals surface area contributed by atoms with E-state index < -0.39 is 5.97 Å². The van der Waals surface area contributed by atoms with E-state index >= 15 is 0 Å². The van der Waals surface area contributed by atoms with Crippen LogP contribution in [-0.2, 0) is 27.3 Å². The molecule has 3 rings (SSSR count). The summed E-state index contributed by atoms with van der Waals surface area (Å²) in [6.45, 7) is 15.4. The predicted molar refractivity (Wildman–Crippen MR) is 245 cm³/mol. The average molecular weight is 842 g/mol. The SMILES string of the molecule is COc1cc(CNC(=O)CCCC/C=C/C(C)C)ccc1OC(=O)CSSCC(=O)Oc1c(C)c(C)c2c(c1C)CC[C@@H](CCCCCCCCCCCC(C)C)O2.[HH]. The molecule has 0 bridgehead atoms. The van der Waals surface area contributed by atoms with Crippen molar-refractivity contribution >= 4 is 39.4 Å². The fraction of sp³-hybridized carbons (Fsp3) is 0.646. The largest absolute Gasteiger partial charge is 0.493 e. The van der Waals surface area contributed by atoms with Crippen molar-refractivity contribution in [3.05, 3.63) is 58.2 Å². The number of nitrogens with one attached hydrogen (secondary N) is 1. The van der Waals surface area contributed by atoms with Gasteiger partial charge in [-0.3, -0.25) is 14.4 Å². The molecule has 0 fully saturated rings. The van der Waals surface area contributed by atoms with Gasteiger partial charge in [-0.05, 0) is 112 Å². The van der Waals surface area contributed by atoms with Crippen LogP contribution in [0.5, 0.6) is 23.0 Å². The lowest BCUT2D eigenvalue weighted by atomic mass is 9.90. The lowest BCUT2D eigenvalue weighted by molar-refractivity contribution is -0.132. The van der Waals surface area contributed by atoms with Gasteiger partial charge in [-0.2, -0.15) is 0 Å². The number of rotatable bonds is 28. The Morgan fingerprint density at radius 3 is 2.14 bits per heavy atom. The summed E-state index contributed by atoms with van der Waals surface area (Å²) in [7, 11) is 4.01. The summed E-state index contributed by atoms with van der Waals surface area (Å²) in [6.07, 6.45) is 24.3. The van der Waals surface area contributed by atoms with E-state index in [0.29, 0.717) is 36.1 Å². The first kappa shape index (κ1) is 49.3. The van der Waals surface area contributed by atoms with E-state index in [9.17, 15) is 14.4 Å². The molecule has 0 radical (unpaired) electrons. The fourth-order valence-corrected chi connectivity index (χ4v) is 8.81. The van der Waals surface area contributed by atoms with Crippen LogP contribution in [0.25, 0.3) is 0 Å². The third kappa shape index (κ3) is 18.4. The Kier molecular flexibility index (Phi) is 23.4. The maximum absolute atomic E-state index is 12.9. The number of carbonyl (C=O) groups excluding carboxylic acids is 3. The summed E-state index contributed by atoms with van der Waals surface area (Å²) in [6, 6.07) is 5.23. The summed E-state index contributed by atoms with van der Waals surface area (Å²) in [5.41, 5.74) is 4.92. The van der Waals surface area contributed by atoms with E-state index in [-0.39, 0.29) is 30.9 Å². The van der Waals surface area contributed by atoms with Gasteiger partial charge in [0.1, 0.15) is 23.0 Å². The first-order chi connectivity index (χ1) is 27.9. The minimum absolute atomic E-state index is 0. The van der Waals surface area contributed by atoms with Crippen LogP contribution in [0, 0.1) is 32.6 Å². The quantitative estimate of drug-likeness (QED) is 0.0295. The molecule has 0 aromatic heterocycles. The first-order valence-corrected chi connectivity index (χ1v) is 24.4. The number of hydrogen-bond donors (Lipinski definition) is 1. The Bertz CT molecular complexity index is 1610. The van der Waals surface area contributed by atoms with Crippen LogP contribution >= 0.6 is 21.6 Å². The third-order valence-electron chi connectivity index (χ3n) is 10.8. The maximum Gasteiger partial charge on any atom is 0.322 e. The molecular formula is C48H75NO7S2. The van der Waals surface area contributed by atoms with Gasteiger partial charge in [0, 0.05) is 20.0 Å². The Balaban J connectivity index is 0.0000120. The van der Waals surface area contributed by atoms with Crippen molar-refractivity contribution in [2.45, 2.75) is 170 Å². The zero-order chi connectivity index (χ0) is 42.3. The van der Waals surface area contributed by atoms with Gasteiger partial charge in [-0.15, -0.1) is 0 Å². The second kappa shape index (κ2) is 27.6. The van der Waals surface area contributed by atoms with Crippen molar-refractivity contribution in [3.8, 4) is 23.0 Å². The molecule has 10 heteroatoms. The average Bonchev–Trinajstić information content (AvgIpc) is 3.19. The zero-order valence-corrected chi connectivity index (χ0v) is 38.6. The topological polar surface area (TPSA) is 100 Å². The summed E-state index contributed by atoms with van der Waals surface area (Å²) in [4.78, 5) is 37.9. The summed E-state index contributed by atoms with van der Waals surface area (Å²) < 4.78 is 23.5. The molecule has 0 aliphatic carbocycles. The van der Waals surface area contributed by atoms with Gasteiger partial charge >= 0.3 is 11.9 Å². The molecule has 0 saturated carbocycles. The number of benzene rings is 2. The third-order valence-corrected chi connectivity index (χ3v) is 12.8. The zero-order valence-electron chi connectivity index (χ0n) is 36.9. The van der Waals surface area contributed by atoms with Crippen LogP contribution in [0.3, 0.4) is 0 Å². The van der Waals surface area contributed by atoms with Crippen molar-refractivity contribution in [1.29, 1.82) is 0 Å². The highest BCUT2D eigenvalue weighted by atomic mass is 33.1. The van der Waals surface area contributed by atoms with Crippen molar-refractivity contribution < 1.29 is 34.8 Å². The lowest BCUT2D eigenvalue weighted by Crippen LogP contribution is -2.25. The summed E-state index contributed by atoms with van der Waals surface area (Å²) in [5, 5.41) is 2.95. The maximum atomic E-state index is 12.9. The van der Waals surface area contributed by atoms with Crippen LogP contribution < -0.4 is 24.3 Å². The first-order valence-electron chi connectivity index (χ1n) is 21.9. The smallest absolute Gasteiger partial charge is 0.322 e. The monoisotopic (exact) mass is 841 g/mol. The second-order valence-corrected chi connectivity index (χ2v) is 19.1. The molecule has 326 valence electrons. The van der Waals surface area contributed by atoms with Gasteiger partial charge in [0.2, 0.25) is 5.91 Å². The van der Waals surface area contributed by atoms with Crippen molar-refractivity contribution in [2.24, 2.45) is 11.8 Å². The molecule has 58 heavy (non-hydrogen) atoms. The lowest BCUT2D eigenvalue weighted by Gasteiger charge is -2.30. The van der Waals surface area contributed by atoms with Crippen molar-refractivity contribution in [3.63, 3.8) is 0 Å². The Morgan fingerprint density at radius 2 is 1.48 bits per heavy atom. The predicted octanol–water partition coefficient (Wildman–Crippen LogP) is 12.8. The number of carbonyl (C=O) groups is 3. The fourth-order valence-electron chi connectivity index (χ4n) is 7.25. The summed E-state index contributed by atoms with van der Waals surface area (Å²) in [5.74, 6) is 2.99. The molecule has 0 unspecified atom stereocenters. The van der Waals surface area contributed by atoms with Crippen LogP contribution in [0.4, 0.5) is 0 Å². The molecule has 8 nitrogen and oxygen atoms in total. The number of amides is 1. The number of ether oxygens (including phenoxy) is 4. The highest BCUT2D eigenvalue weighted by molar-refractivity contribution is 8.77. The van der Waals surface area contributed by atoms with Gasteiger partial charge < -0.3 is 24.3 Å². The highest BCUT2D eigenvalue weighted by Crippen LogP contribution is 2.42. The van der Waals surface area contributed by atoms with Crippen LogP contribution in [0.2, 0.25) is 0 Å². The molecule has 1 heterocycles. The van der Waals surface area contributed by atoms with Gasteiger partial charge in [0.05, 0.1) is 13.2 Å². The summed E-state index contributed by atoms with van der Waals surface area (Å²) >= 11 is 0. The normalized spacial score (nSPS) is 13.8. The molecule has 2 aromatic carbocycles. The highest BCUT2D eigenvalue weighted by Gasteiger charge is 2.27. The van der Waals surface area contributed by atoms with E-state index in [1.807, 2.05) is 13.8 Å². The van der Waals surface area contributed by atoms with Gasteiger partial charge in [0.25, 0.3) is 0 Å². The molecule has 1 N–H and O–H groups in total. The van der Waals surface area contributed by atoms with Gasteiger partial charge in [0.15, 0.2) is 11.5 Å². The Hall–Kier alpha value is -3.11. The van der Waals surface area contributed by atoms with Crippen LogP contribution in [-0.4, -0.2) is 42.6 Å². The van der Waals surface area contributed by atoms with E-state index in [2.05, 4.69) is 52.1 Å². The molecule has 1 aliphatic rings. The molecule has 1 aliphatic heterocycles. The number of hydrogen-bond acceptors (Lipinski definition) is 9. The number of unbranched alkanes of at least 4 members (excludes halogenated alkanes) is 10. The van der Waals surface area contributed by atoms with E-state index in [1.54, 1.807) is 18.2 Å². The van der Waals surface area contributed by atoms with Crippen LogP contribution in [0.1, 0.15) is 160 Å². The number of esters is 2. The molecule has 0 saturated heterocycles. The van der Waals surface area contributed by atoms with Crippen molar-refractivity contribution in [1.82, 2.24) is 5.32 Å². The Labute approximate surface area is 360 Å². The second-order valence-electron chi connectivity index (χ2n) is 16.6. The molecular weight excluding hydrogens is 767 g/mol. The standard InChI is InChI=1S/C48H73NO7S2.H2/c1-34(2)22-18-14-12-10-9-11-13-15-20-24-40-27-28-41-38(7)47(36(5)37(6)48(41)54-40)56-46(52)33-58-57-32-45(51)55-42-29-26-39(30-43(42)53-8)31-49-44(50)25-21-17-16-19-23-35(3)4;/h19,23,26,29-30,34-35,40H,9-18,20-22,24-25,27-28,31-33H2,1-8H3,(H,49,50);1H/b23-19+;/t40-;/m1./s1. The minimum Gasteiger partial charge on any atom is -0.493 e. The molecule has 2 aromatic rings. The number of methoxy groups -OCH3 is 1. The van der Waals surface area contributed by atoms with Crippen LogP contribution in [0.15, 0.2) is 30.4 Å². The minimum atomic E-state index is -0.456. The van der Waals surface area contributed by atoms with E-state index in [4.69, 9.17) is 18.9 Å². The molecule has 1 amide bonds.